The van der Waals surface area contributed by atoms with Gasteiger partial charge in [0, 0.05) is 38.4 Å². The Balaban J connectivity index is 2.16. The molecule has 19 heavy (non-hydrogen) atoms. The minimum absolute atomic E-state index is 0.252. The highest BCUT2D eigenvalue weighted by Gasteiger charge is 2.28. The van der Waals surface area contributed by atoms with Crippen molar-refractivity contribution in [3.63, 3.8) is 0 Å². The number of nitrogens with two attached hydrogens (primary N) is 1. The average molecular weight is 287 g/mol. The van der Waals surface area contributed by atoms with Crippen molar-refractivity contribution in [2.75, 3.05) is 17.8 Å². The second kappa shape index (κ2) is 5.48. The molecule has 1 aliphatic heterocycles. The number of piperidine rings is 1. The van der Waals surface area contributed by atoms with Gasteiger partial charge in [-0.25, -0.2) is 0 Å². The summed E-state index contributed by atoms with van der Waals surface area (Å²) < 4.78 is 30.2. The molecule has 1 aliphatic rings. The molecule has 1 fully saturated rings. The molecule has 0 saturated carbocycles. The van der Waals surface area contributed by atoms with Gasteiger partial charge in [0.15, 0.2) is 5.82 Å². The molecule has 1 aromatic rings. The molecule has 1 unspecified atom stereocenters. The molecule has 0 aliphatic carbocycles. The van der Waals surface area contributed by atoms with Gasteiger partial charge in [0.25, 0.3) is 0 Å². The van der Waals surface area contributed by atoms with E-state index in [4.69, 9.17) is 5.73 Å². The molecule has 2 heterocycles. The Hall–Kier alpha value is -1.12. The summed E-state index contributed by atoms with van der Waals surface area (Å²) in [7, 11) is -1.80. The van der Waals surface area contributed by atoms with Crippen LogP contribution in [-0.2, 0) is 23.8 Å². The number of hydrogen-bond acceptors (Lipinski definition) is 4. The van der Waals surface area contributed by atoms with Crippen LogP contribution in [0.25, 0.3) is 0 Å². The lowest BCUT2D eigenvalue weighted by Crippen LogP contribution is -2.42. The zero-order valence-electron chi connectivity index (χ0n) is 11.3. The molecular weight excluding hydrogens is 266 g/mol. The van der Waals surface area contributed by atoms with Crippen LogP contribution < -0.4 is 10.5 Å². The first-order chi connectivity index (χ1) is 8.92. The summed E-state index contributed by atoms with van der Waals surface area (Å²) in [6, 6.07) is 0. The molecule has 0 aromatic carbocycles. The maximum absolute atomic E-state index is 12.3. The van der Waals surface area contributed by atoms with Crippen molar-refractivity contribution in [2.24, 2.45) is 18.7 Å². The van der Waals surface area contributed by atoms with Gasteiger partial charge in [-0.15, -0.1) is 0 Å². The summed E-state index contributed by atoms with van der Waals surface area (Å²) in [6.07, 6.45) is 3.69. The van der Waals surface area contributed by atoms with E-state index in [9.17, 15) is 8.42 Å². The van der Waals surface area contributed by atoms with Crippen LogP contribution in [0, 0.1) is 5.92 Å². The summed E-state index contributed by atoms with van der Waals surface area (Å²) in [5.41, 5.74) is 6.27. The lowest BCUT2D eigenvalue weighted by molar-refractivity contribution is 0.282. The number of nitrogens with one attached hydrogen (secondary N) is 1. The summed E-state index contributed by atoms with van der Waals surface area (Å²) in [4.78, 5) is 0. The third kappa shape index (κ3) is 3.26. The van der Waals surface area contributed by atoms with Gasteiger partial charge in [0.2, 0.25) is 0 Å². The highest BCUT2D eigenvalue weighted by molar-refractivity contribution is 7.90. The Kier molecular flexibility index (Phi) is 4.12. The van der Waals surface area contributed by atoms with Gasteiger partial charge in [-0.3, -0.25) is 9.40 Å². The van der Waals surface area contributed by atoms with Crippen LogP contribution in [-0.4, -0.2) is 35.6 Å². The van der Waals surface area contributed by atoms with Crippen molar-refractivity contribution >= 4 is 16.0 Å². The Labute approximate surface area is 113 Å². The maximum atomic E-state index is 12.3. The van der Waals surface area contributed by atoms with E-state index >= 15 is 0 Å². The van der Waals surface area contributed by atoms with E-state index in [1.54, 1.807) is 17.9 Å². The topological polar surface area (TPSA) is 93.2 Å². The molecule has 0 amide bonds. The molecule has 1 aromatic heterocycles. The minimum Gasteiger partial charge on any atom is -0.326 e. The van der Waals surface area contributed by atoms with E-state index in [2.05, 4.69) is 16.7 Å². The third-order valence-electron chi connectivity index (χ3n) is 3.31. The quantitative estimate of drug-likeness (QED) is 0.831. The number of aryl methyl sites for hydroxylation is 1. The zero-order chi connectivity index (χ0) is 14.0. The smallest absolute Gasteiger partial charge is 0.302 e. The minimum atomic E-state index is -3.54. The number of rotatable bonds is 4. The van der Waals surface area contributed by atoms with Gasteiger partial charge < -0.3 is 5.73 Å². The molecule has 1 atom stereocenters. The Morgan fingerprint density at radius 3 is 2.95 bits per heavy atom. The largest absolute Gasteiger partial charge is 0.326 e. The predicted molar refractivity (Wildman–Crippen MR) is 73.6 cm³/mol. The van der Waals surface area contributed by atoms with Crippen LogP contribution in [0.1, 0.15) is 25.3 Å². The molecule has 108 valence electrons. The summed E-state index contributed by atoms with van der Waals surface area (Å²) in [6.45, 7) is 3.43. The van der Waals surface area contributed by atoms with E-state index in [-0.39, 0.29) is 6.54 Å². The molecular formula is C11H21N5O2S. The predicted octanol–water partition coefficient (Wildman–Crippen LogP) is 0.267. The Morgan fingerprint density at radius 2 is 2.32 bits per heavy atom. The van der Waals surface area contributed by atoms with E-state index in [1.807, 2.05) is 0 Å². The fourth-order valence-electron chi connectivity index (χ4n) is 2.32. The van der Waals surface area contributed by atoms with Gasteiger partial charge in [-0.05, 0) is 18.8 Å². The lowest BCUT2D eigenvalue weighted by atomic mass is 10.0. The Morgan fingerprint density at radius 1 is 1.58 bits per heavy atom. The molecule has 1 saturated heterocycles. The fraction of sp³-hybridized carbons (Fsp3) is 0.727. The molecule has 3 N–H and O–H groups in total. The first-order valence-electron chi connectivity index (χ1n) is 6.43. The number of nitrogens with zero attached hydrogens (tertiary/aromatic N) is 3. The van der Waals surface area contributed by atoms with Crippen LogP contribution in [0.3, 0.4) is 0 Å². The van der Waals surface area contributed by atoms with Crippen LogP contribution in [0.15, 0.2) is 6.20 Å². The molecule has 0 bridgehead atoms. The third-order valence-corrected chi connectivity index (χ3v) is 4.77. The zero-order valence-corrected chi connectivity index (χ0v) is 12.2. The molecule has 8 heteroatoms. The van der Waals surface area contributed by atoms with E-state index in [0.717, 1.165) is 12.8 Å². The van der Waals surface area contributed by atoms with Crippen molar-refractivity contribution in [3.05, 3.63) is 11.8 Å². The van der Waals surface area contributed by atoms with Crippen LogP contribution >= 0.6 is 0 Å². The van der Waals surface area contributed by atoms with Gasteiger partial charge in [-0.1, -0.05) is 6.92 Å². The summed E-state index contributed by atoms with van der Waals surface area (Å²) in [5.74, 6) is 0.714. The van der Waals surface area contributed by atoms with Gasteiger partial charge in [-0.2, -0.15) is 17.8 Å². The lowest BCUT2D eigenvalue weighted by Gasteiger charge is -2.29. The van der Waals surface area contributed by atoms with E-state index in [0.29, 0.717) is 30.4 Å². The van der Waals surface area contributed by atoms with Crippen LogP contribution in [0.5, 0.6) is 0 Å². The van der Waals surface area contributed by atoms with Crippen LogP contribution in [0.2, 0.25) is 0 Å². The number of hydrogen-bond donors (Lipinski definition) is 2. The van der Waals surface area contributed by atoms with Gasteiger partial charge in [0.05, 0.1) is 0 Å². The average Bonchev–Trinajstić information content (AvgIpc) is 2.68. The standard InChI is InChI=1S/C11H21N5O2S/c1-9-4-3-5-16(7-9)19(17,18)14-11-10(6-12)8-15(2)13-11/h8-9H,3-7,12H2,1-2H3,(H,13,14). The summed E-state index contributed by atoms with van der Waals surface area (Å²) >= 11 is 0. The first kappa shape index (κ1) is 14.3. The second-order valence-electron chi connectivity index (χ2n) is 5.09. The highest BCUT2D eigenvalue weighted by atomic mass is 32.2. The van der Waals surface area contributed by atoms with Crippen molar-refractivity contribution in [3.8, 4) is 0 Å². The van der Waals surface area contributed by atoms with Crippen molar-refractivity contribution in [2.45, 2.75) is 26.3 Å². The fourth-order valence-corrected chi connectivity index (χ4v) is 3.69. The number of anilines is 1. The van der Waals surface area contributed by atoms with E-state index in [1.165, 1.54) is 4.31 Å². The van der Waals surface area contributed by atoms with Crippen molar-refractivity contribution in [1.29, 1.82) is 0 Å². The van der Waals surface area contributed by atoms with Crippen molar-refractivity contribution < 1.29 is 8.42 Å². The monoisotopic (exact) mass is 287 g/mol. The van der Waals surface area contributed by atoms with Crippen molar-refractivity contribution in [1.82, 2.24) is 14.1 Å². The second-order valence-corrected chi connectivity index (χ2v) is 6.76. The molecule has 2 rings (SSSR count). The van der Waals surface area contributed by atoms with Crippen LogP contribution in [0.4, 0.5) is 5.82 Å². The highest BCUT2D eigenvalue weighted by Crippen LogP contribution is 2.21. The molecule has 7 nitrogen and oxygen atoms in total. The Bertz CT molecular complexity index is 539. The van der Waals surface area contributed by atoms with E-state index < -0.39 is 10.2 Å². The summed E-state index contributed by atoms with van der Waals surface area (Å²) in [5, 5.41) is 4.10. The SMILES string of the molecule is CC1CCCN(S(=O)(=O)Nc2nn(C)cc2CN)C1. The first-order valence-corrected chi connectivity index (χ1v) is 7.87. The number of aromatic nitrogens is 2. The normalized spacial score (nSPS) is 21.5. The molecule has 0 spiro atoms. The maximum Gasteiger partial charge on any atom is 0.302 e. The van der Waals surface area contributed by atoms with Gasteiger partial charge in [0.1, 0.15) is 0 Å². The molecule has 0 radical (unpaired) electrons. The van der Waals surface area contributed by atoms with Gasteiger partial charge >= 0.3 is 10.2 Å².